The molecule has 0 saturated carbocycles. The van der Waals surface area contributed by atoms with Crippen LogP contribution in [0.15, 0.2) is 155 Å². The number of nitrogens with one attached hydrogen (secondary N) is 3. The Labute approximate surface area is 474 Å². The highest BCUT2D eigenvalue weighted by molar-refractivity contribution is 7.86. The first-order chi connectivity index (χ1) is 38.9. The molecule has 0 saturated heterocycles. The second-order valence-corrected chi connectivity index (χ2v) is 24.4. The summed E-state index contributed by atoms with van der Waals surface area (Å²) in [6.45, 7) is 9.79. The summed E-state index contributed by atoms with van der Waals surface area (Å²) in [6.07, 6.45) is 10.7. The highest BCUT2D eigenvalue weighted by Gasteiger charge is 2.44. The van der Waals surface area contributed by atoms with Gasteiger partial charge in [0.1, 0.15) is 24.9 Å². The molecule has 1 amide bonds. The summed E-state index contributed by atoms with van der Waals surface area (Å²) in [4.78, 5) is 55.4. The molecule has 5 heterocycles. The number of aromatic nitrogens is 4. The summed E-state index contributed by atoms with van der Waals surface area (Å²) in [5.74, 6) is -1.33. The van der Waals surface area contributed by atoms with E-state index in [9.17, 15) is 45.4 Å². The number of nitrogens with two attached hydrogens (primary N) is 1. The van der Waals surface area contributed by atoms with Crippen LogP contribution in [-0.4, -0.2) is 110 Å². The summed E-state index contributed by atoms with van der Waals surface area (Å²) in [5, 5.41) is 16.1. The largest absolute Gasteiger partial charge is 0.485 e. The second kappa shape index (κ2) is 23.9. The Morgan fingerprint density at radius 3 is 2.24 bits per heavy atom. The molecule has 4 aromatic carbocycles. The first-order valence-electron chi connectivity index (χ1n) is 26.6. The Kier molecular flexibility index (Phi) is 17.0. The van der Waals surface area contributed by atoms with E-state index in [1.807, 2.05) is 60.7 Å². The number of anilines is 3. The number of allylic oxidation sites excluding steroid dienone is 4. The first kappa shape index (κ1) is 58.2. The third kappa shape index (κ3) is 13.5. The van der Waals surface area contributed by atoms with Gasteiger partial charge in [-0.25, -0.2) is 14.8 Å². The van der Waals surface area contributed by atoms with E-state index < -0.39 is 54.5 Å². The predicted molar refractivity (Wildman–Crippen MR) is 311 cm³/mol. The zero-order valence-electron chi connectivity index (χ0n) is 45.6. The molecule has 0 radical (unpaired) electrons. The number of hydrogen-bond acceptors (Lipinski definition) is 15. The molecule has 9 rings (SSSR count). The van der Waals surface area contributed by atoms with Gasteiger partial charge in [0.15, 0.2) is 28.4 Å². The number of carbonyl (C=O) groups is 2. The van der Waals surface area contributed by atoms with Crippen molar-refractivity contribution in [2.45, 2.75) is 83.2 Å². The van der Waals surface area contributed by atoms with Crippen molar-refractivity contribution in [3.05, 3.63) is 189 Å². The molecular formula is C59H64N9O12S2+. The van der Waals surface area contributed by atoms with E-state index in [0.29, 0.717) is 65.7 Å². The van der Waals surface area contributed by atoms with Crippen molar-refractivity contribution < 1.29 is 54.7 Å². The molecule has 3 aliphatic rings. The van der Waals surface area contributed by atoms with Gasteiger partial charge in [0.2, 0.25) is 11.6 Å². The maximum atomic E-state index is 13.4. The summed E-state index contributed by atoms with van der Waals surface area (Å²) < 4.78 is 80.6. The average Bonchev–Trinajstić information content (AvgIpc) is 2.67. The number of nitrogens with zero attached hydrogens (tertiary/aromatic N) is 5. The highest BCUT2D eigenvalue weighted by atomic mass is 32.2. The van der Waals surface area contributed by atoms with Crippen LogP contribution < -0.4 is 31.6 Å². The first-order valence-corrected chi connectivity index (χ1v) is 29.8. The maximum absolute atomic E-state index is 13.4. The topological polar surface area (TPSA) is 309 Å². The van der Waals surface area contributed by atoms with Crippen LogP contribution in [0.1, 0.15) is 86.1 Å². The summed E-state index contributed by atoms with van der Waals surface area (Å²) >= 11 is 0. The van der Waals surface area contributed by atoms with Crippen LogP contribution >= 0.6 is 0 Å². The number of ether oxygens (including phenoxy) is 2. The van der Waals surface area contributed by atoms with Crippen molar-refractivity contribution in [2.75, 3.05) is 47.2 Å². The number of nitrogen functional groups attached to an aromatic ring is 1. The van der Waals surface area contributed by atoms with Gasteiger partial charge >= 0.3 is 5.97 Å². The van der Waals surface area contributed by atoms with E-state index >= 15 is 0 Å². The number of carboxylic acids is 1. The number of H-pyrrole nitrogens is 1. The maximum Gasteiger partial charge on any atom is 0.326 e. The number of carboxylic acid groups (broad SMARTS) is 1. The number of para-hydroxylation sites is 2. The molecule has 0 aliphatic carbocycles. The zero-order chi connectivity index (χ0) is 58.6. The molecule has 6 aromatic rings. The van der Waals surface area contributed by atoms with E-state index in [0.717, 1.165) is 33.9 Å². The molecule has 82 heavy (non-hydrogen) atoms. The summed E-state index contributed by atoms with van der Waals surface area (Å²) in [7, 11) is -8.25. The highest BCUT2D eigenvalue weighted by Crippen LogP contribution is 2.48. The smallest absolute Gasteiger partial charge is 0.326 e. The minimum absolute atomic E-state index is 0.0406. The minimum atomic E-state index is -4.13. The lowest BCUT2D eigenvalue weighted by Gasteiger charge is -2.27. The molecule has 23 heteroatoms. The molecule has 1 atom stereocenters. The van der Waals surface area contributed by atoms with Gasteiger partial charge < -0.3 is 35.8 Å². The fourth-order valence-corrected chi connectivity index (χ4v) is 11.6. The van der Waals surface area contributed by atoms with Gasteiger partial charge in [-0.15, -0.1) is 0 Å². The van der Waals surface area contributed by atoms with Crippen molar-refractivity contribution in [2.24, 2.45) is 0 Å². The number of amides is 1. The van der Waals surface area contributed by atoms with Crippen molar-refractivity contribution in [3.8, 4) is 5.75 Å². The quantitative estimate of drug-likeness (QED) is 0.0185. The molecule has 0 spiro atoms. The van der Waals surface area contributed by atoms with Crippen LogP contribution in [0.3, 0.4) is 0 Å². The van der Waals surface area contributed by atoms with Gasteiger partial charge in [-0.1, -0.05) is 62.4 Å². The average molecular weight is 1160 g/mol. The van der Waals surface area contributed by atoms with Crippen LogP contribution in [0.25, 0.3) is 11.2 Å². The molecule has 0 bridgehead atoms. The standard InChI is InChI=1S/C59H63N9O12S2/c1-58(2)43-13-5-7-15-46(43)67(29-9-11-31-81(73,74)75)49(58)27-21-39-36-79-48(26-28-50-59(3,4)44-14-6-8-16-47(44)68(50)30-10-12-32-82(76,77)78)52(39)80-42-24-17-37(18-25-42)33-45(56(71)72)64-54(69)38-19-22-40(23-20-38)61-34-41-35-62-53-51(63-41)55(70)66-57(60)65-53/h5-8,13-28,35,45H,9-12,29-34,36H2,1-4H3,(H7-,60,61,62,64,65,66,69,70,71,72,73,74,75,76,77,78)/p+1/t45-/m0/s1. The second-order valence-electron chi connectivity index (χ2n) is 21.2. The molecule has 0 unspecified atom stereocenters. The Hall–Kier alpha value is -8.51. The number of fused-ring (bicyclic) bond motifs is 3. The zero-order valence-corrected chi connectivity index (χ0v) is 47.3. The van der Waals surface area contributed by atoms with E-state index in [1.165, 1.54) is 6.20 Å². The SMILES string of the molecule is CC1(C)C(=CC=C2OCC(C=CC3=[N+](CCCCS(=O)(=O)O)c4ccccc4C3(C)C)=C2Oc2ccc(C[C@H](NC(=O)c3ccc(NCc4cnc5nc(N)[nH]c(=O)c5n4)cc3)C(=O)O)cc2)N(CCCCS(=O)(=O)O)c2ccccc21. The molecular weight excluding hydrogens is 1090 g/mol. The van der Waals surface area contributed by atoms with Crippen molar-refractivity contribution in [1.29, 1.82) is 0 Å². The number of rotatable bonds is 23. The van der Waals surface area contributed by atoms with Crippen LogP contribution in [-0.2, 0) is 53.6 Å². The van der Waals surface area contributed by atoms with Gasteiger partial charge in [0.05, 0.1) is 35.4 Å². The Balaban J connectivity index is 0.959. The number of carbonyl (C=O) groups excluding carboxylic acids is 1. The van der Waals surface area contributed by atoms with Crippen LogP contribution in [0.2, 0.25) is 0 Å². The third-order valence-electron chi connectivity index (χ3n) is 14.7. The summed E-state index contributed by atoms with van der Waals surface area (Å²) in [5.41, 5.74) is 13.0. The Morgan fingerprint density at radius 2 is 1.54 bits per heavy atom. The fourth-order valence-electron chi connectivity index (χ4n) is 10.5. The number of unbranched alkanes of at least 4 members (excludes halogenated alkanes) is 2. The van der Waals surface area contributed by atoms with Crippen LogP contribution in [0.5, 0.6) is 5.75 Å². The fraction of sp³-hybridized carbons (Fsp3) is 0.305. The minimum Gasteiger partial charge on any atom is -0.485 e. The Morgan fingerprint density at radius 1 is 0.854 bits per heavy atom. The van der Waals surface area contributed by atoms with E-state index in [2.05, 4.69) is 79.9 Å². The van der Waals surface area contributed by atoms with Crippen molar-refractivity contribution >= 4 is 72.0 Å². The summed E-state index contributed by atoms with van der Waals surface area (Å²) in [6, 6.07) is 28.1. The number of aliphatic carboxylic acids is 1. The monoisotopic (exact) mass is 1150 g/mol. The van der Waals surface area contributed by atoms with Gasteiger partial charge in [0.25, 0.3) is 31.7 Å². The van der Waals surface area contributed by atoms with Crippen LogP contribution in [0.4, 0.5) is 23.0 Å². The Bertz CT molecular complexity index is 3910. The van der Waals surface area contributed by atoms with Crippen molar-refractivity contribution in [1.82, 2.24) is 25.3 Å². The van der Waals surface area contributed by atoms with Gasteiger partial charge in [-0.05, 0) is 105 Å². The lowest BCUT2D eigenvalue weighted by atomic mass is 9.81. The number of benzene rings is 4. The molecule has 428 valence electrons. The van der Waals surface area contributed by atoms with E-state index in [4.69, 9.17) is 15.2 Å². The lowest BCUT2D eigenvalue weighted by Crippen LogP contribution is -2.42. The molecule has 2 aromatic heterocycles. The van der Waals surface area contributed by atoms with E-state index in [-0.39, 0.29) is 66.6 Å². The van der Waals surface area contributed by atoms with E-state index in [1.54, 1.807) is 48.5 Å². The third-order valence-corrected chi connectivity index (χ3v) is 16.3. The lowest BCUT2D eigenvalue weighted by molar-refractivity contribution is -0.438. The normalized spacial score (nSPS) is 16.9. The molecule has 3 aliphatic heterocycles. The van der Waals surface area contributed by atoms with Gasteiger partial charge in [-0.3, -0.25) is 23.7 Å². The number of hydrogen-bond donors (Lipinski definition) is 7. The number of aromatic amines is 1. The van der Waals surface area contributed by atoms with Crippen molar-refractivity contribution in [3.63, 3.8) is 0 Å². The van der Waals surface area contributed by atoms with Gasteiger partial charge in [-0.2, -0.15) is 26.4 Å². The predicted octanol–water partition coefficient (Wildman–Crippen LogP) is 7.53. The molecule has 8 N–H and O–H groups in total. The van der Waals surface area contributed by atoms with Gasteiger partial charge in [0, 0.05) is 70.7 Å². The van der Waals surface area contributed by atoms with Crippen LogP contribution in [0, 0.1) is 0 Å². The molecule has 21 nitrogen and oxygen atoms in total. The molecule has 0 fully saturated rings.